The van der Waals surface area contributed by atoms with Crippen molar-refractivity contribution in [3.63, 3.8) is 0 Å². The minimum atomic E-state index is -0.995. The number of ketones is 1. The maximum absolute atomic E-state index is 13.3. The average Bonchev–Trinajstić information content (AvgIpc) is 3.36. The Balaban J connectivity index is 1.83. The van der Waals surface area contributed by atoms with E-state index < -0.39 is 23.7 Å². The Morgan fingerprint density at radius 3 is 2.53 bits per heavy atom. The van der Waals surface area contributed by atoms with E-state index in [1.807, 2.05) is 13.8 Å². The van der Waals surface area contributed by atoms with Crippen LogP contribution in [0, 0.1) is 6.92 Å². The van der Waals surface area contributed by atoms with Gasteiger partial charge in [0.2, 0.25) is 0 Å². The Hall–Kier alpha value is -4.05. The molecule has 0 spiro atoms. The Morgan fingerprint density at radius 2 is 1.92 bits per heavy atom. The molecule has 10 heteroatoms. The topological polar surface area (TPSA) is 119 Å². The van der Waals surface area contributed by atoms with Gasteiger partial charge in [-0.05, 0) is 63.6 Å². The predicted molar refractivity (Wildman–Crippen MR) is 134 cm³/mol. The minimum Gasteiger partial charge on any atom is -0.507 e. The molecule has 1 aromatic carbocycles. The van der Waals surface area contributed by atoms with Crippen LogP contribution in [0.25, 0.3) is 5.76 Å². The number of hydrogen-bond acceptors (Lipinski definition) is 9. The van der Waals surface area contributed by atoms with Crippen LogP contribution in [-0.2, 0) is 14.3 Å². The second-order valence-electron chi connectivity index (χ2n) is 8.28. The number of carbonyl (C=O) groups excluding carboxylic acids is 3. The Labute approximate surface area is 212 Å². The number of amides is 1. The summed E-state index contributed by atoms with van der Waals surface area (Å²) in [6, 6.07) is 8.98. The number of Topliss-reactive ketones (excluding diaryl/α,β-unsaturated/α-hetero) is 1. The van der Waals surface area contributed by atoms with Crippen LogP contribution in [0.5, 0.6) is 5.75 Å². The number of aryl methyl sites for hydroxylation is 1. The molecular weight excluding hydrogens is 482 g/mol. The lowest BCUT2D eigenvalue weighted by Crippen LogP contribution is -2.29. The van der Waals surface area contributed by atoms with Crippen molar-refractivity contribution in [3.05, 3.63) is 76.1 Å². The van der Waals surface area contributed by atoms with E-state index in [0.29, 0.717) is 22.6 Å². The lowest BCUT2D eigenvalue weighted by molar-refractivity contribution is -0.132. The lowest BCUT2D eigenvalue weighted by atomic mass is 9.96. The smallest absolute Gasteiger partial charge is 0.350 e. The number of anilines is 1. The molecule has 1 amide bonds. The fraction of sp³-hybridized carbons (Fsp3) is 0.269. The summed E-state index contributed by atoms with van der Waals surface area (Å²) in [6.45, 7) is 7.31. The van der Waals surface area contributed by atoms with E-state index in [-0.39, 0.29) is 34.1 Å². The van der Waals surface area contributed by atoms with Crippen LogP contribution in [0.2, 0.25) is 0 Å². The van der Waals surface area contributed by atoms with E-state index in [9.17, 15) is 19.5 Å². The molecule has 1 N–H and O–H groups in total. The lowest BCUT2D eigenvalue weighted by Gasteiger charge is -2.22. The van der Waals surface area contributed by atoms with E-state index in [4.69, 9.17) is 9.47 Å². The summed E-state index contributed by atoms with van der Waals surface area (Å²) in [4.78, 5) is 48.8. The summed E-state index contributed by atoms with van der Waals surface area (Å²) in [5, 5.41) is 11.4. The first-order chi connectivity index (χ1) is 17.2. The van der Waals surface area contributed by atoms with Crippen molar-refractivity contribution < 1.29 is 29.0 Å². The number of aliphatic hydroxyl groups is 1. The highest BCUT2D eigenvalue weighted by molar-refractivity contribution is 7.17. The van der Waals surface area contributed by atoms with Crippen molar-refractivity contribution in [1.82, 2.24) is 9.97 Å². The van der Waals surface area contributed by atoms with E-state index in [1.165, 1.54) is 11.1 Å². The molecule has 0 saturated carbocycles. The van der Waals surface area contributed by atoms with Crippen molar-refractivity contribution in [2.24, 2.45) is 0 Å². The van der Waals surface area contributed by atoms with E-state index in [2.05, 4.69) is 9.97 Å². The van der Waals surface area contributed by atoms with Crippen LogP contribution >= 0.6 is 11.3 Å². The second-order valence-corrected chi connectivity index (χ2v) is 9.26. The third-order valence-corrected chi connectivity index (χ3v) is 6.53. The number of rotatable bonds is 7. The summed E-state index contributed by atoms with van der Waals surface area (Å²) < 4.78 is 10.7. The van der Waals surface area contributed by atoms with Gasteiger partial charge in [-0.2, -0.15) is 0 Å². The van der Waals surface area contributed by atoms with Crippen LogP contribution in [0.15, 0.2) is 54.4 Å². The van der Waals surface area contributed by atoms with Crippen molar-refractivity contribution in [2.45, 2.75) is 39.8 Å². The summed E-state index contributed by atoms with van der Waals surface area (Å²) in [5.74, 6) is -2.02. The number of benzene rings is 1. The van der Waals surface area contributed by atoms with Gasteiger partial charge in [0.15, 0.2) is 5.13 Å². The third-order valence-electron chi connectivity index (χ3n) is 5.40. The fourth-order valence-electron chi connectivity index (χ4n) is 3.87. The molecule has 3 heterocycles. The second kappa shape index (κ2) is 10.3. The molecule has 1 fully saturated rings. The number of ether oxygens (including phenoxy) is 2. The number of aliphatic hydroxyl groups excluding tert-OH is 1. The maximum Gasteiger partial charge on any atom is 0.350 e. The maximum atomic E-state index is 13.3. The Kier molecular flexibility index (Phi) is 7.16. The molecule has 0 bridgehead atoms. The van der Waals surface area contributed by atoms with Gasteiger partial charge in [0.1, 0.15) is 16.4 Å². The Morgan fingerprint density at radius 1 is 1.19 bits per heavy atom. The summed E-state index contributed by atoms with van der Waals surface area (Å²) in [6.07, 6.45) is 3.06. The largest absolute Gasteiger partial charge is 0.507 e. The molecule has 36 heavy (non-hydrogen) atoms. The van der Waals surface area contributed by atoms with Gasteiger partial charge >= 0.3 is 11.9 Å². The van der Waals surface area contributed by atoms with E-state index in [1.54, 1.807) is 56.4 Å². The molecule has 0 aliphatic carbocycles. The number of hydrogen-bond donors (Lipinski definition) is 1. The van der Waals surface area contributed by atoms with Gasteiger partial charge in [-0.1, -0.05) is 17.4 Å². The highest BCUT2D eigenvalue weighted by Crippen LogP contribution is 2.43. The number of thiazole rings is 1. The monoisotopic (exact) mass is 507 g/mol. The Bertz CT molecular complexity index is 1330. The number of aromatic nitrogens is 2. The van der Waals surface area contributed by atoms with Crippen molar-refractivity contribution in [2.75, 3.05) is 11.5 Å². The average molecular weight is 508 g/mol. The molecule has 4 rings (SSSR count). The molecule has 3 aromatic rings. The summed E-state index contributed by atoms with van der Waals surface area (Å²) >= 11 is 0.952. The number of pyridine rings is 1. The first-order valence-corrected chi connectivity index (χ1v) is 12.2. The van der Waals surface area contributed by atoms with E-state index >= 15 is 0 Å². The molecule has 2 aromatic heterocycles. The molecule has 1 saturated heterocycles. The molecule has 9 nitrogen and oxygen atoms in total. The SMILES string of the molecule is CCOC(=O)c1sc(N2C(=O)C(=O)/C(=C(/O)c3ccc(OC(C)C)cc3)[C@H]2c2cccnc2)nc1C. The van der Waals surface area contributed by atoms with Crippen LogP contribution in [-0.4, -0.2) is 45.4 Å². The first kappa shape index (κ1) is 25.1. The van der Waals surface area contributed by atoms with Crippen LogP contribution < -0.4 is 9.64 Å². The van der Waals surface area contributed by atoms with Gasteiger partial charge in [0.25, 0.3) is 5.78 Å². The van der Waals surface area contributed by atoms with Crippen LogP contribution in [0.4, 0.5) is 5.13 Å². The zero-order valence-corrected chi connectivity index (χ0v) is 21.0. The number of carbonyl (C=O) groups is 3. The zero-order valence-electron chi connectivity index (χ0n) is 20.2. The van der Waals surface area contributed by atoms with Gasteiger partial charge in [-0.25, -0.2) is 9.78 Å². The quantitative estimate of drug-likeness (QED) is 0.216. The van der Waals surface area contributed by atoms with Crippen molar-refractivity contribution in [3.8, 4) is 5.75 Å². The minimum absolute atomic E-state index is 0.0263. The van der Waals surface area contributed by atoms with Crippen LogP contribution in [0.3, 0.4) is 0 Å². The first-order valence-electron chi connectivity index (χ1n) is 11.4. The molecule has 0 unspecified atom stereocenters. The fourth-order valence-corrected chi connectivity index (χ4v) is 4.86. The summed E-state index contributed by atoms with van der Waals surface area (Å²) in [5.41, 5.74) is 1.13. The zero-order chi connectivity index (χ0) is 26.0. The molecule has 1 aliphatic rings. The van der Waals surface area contributed by atoms with Gasteiger partial charge in [0, 0.05) is 18.0 Å². The van der Waals surface area contributed by atoms with Crippen molar-refractivity contribution in [1.29, 1.82) is 0 Å². The highest BCUT2D eigenvalue weighted by atomic mass is 32.1. The normalized spacial score (nSPS) is 17.0. The van der Waals surface area contributed by atoms with Gasteiger partial charge < -0.3 is 14.6 Å². The highest BCUT2D eigenvalue weighted by Gasteiger charge is 2.48. The van der Waals surface area contributed by atoms with E-state index in [0.717, 1.165) is 11.3 Å². The van der Waals surface area contributed by atoms with Crippen molar-refractivity contribution >= 4 is 39.9 Å². The molecular formula is C26H25N3O6S. The predicted octanol–water partition coefficient (Wildman–Crippen LogP) is 4.44. The van der Waals surface area contributed by atoms with Gasteiger partial charge in [-0.15, -0.1) is 0 Å². The number of nitrogens with zero attached hydrogens (tertiary/aromatic N) is 3. The number of esters is 1. The molecule has 186 valence electrons. The molecule has 0 radical (unpaired) electrons. The molecule has 1 atom stereocenters. The summed E-state index contributed by atoms with van der Waals surface area (Å²) in [7, 11) is 0. The third kappa shape index (κ3) is 4.72. The van der Waals surface area contributed by atoms with Gasteiger partial charge in [-0.3, -0.25) is 19.5 Å². The standard InChI is InChI=1S/C26H25N3O6S/c1-5-34-25(33)23-15(4)28-26(36-23)29-20(17-7-6-12-27-13-17)19(22(31)24(29)32)21(30)16-8-10-18(11-9-16)35-14(2)3/h6-14,20,30H,5H2,1-4H3/b21-19+/t20-/m1/s1. The molecule has 1 aliphatic heterocycles. The van der Waals surface area contributed by atoms with Gasteiger partial charge in [0.05, 0.1) is 30.0 Å². The van der Waals surface area contributed by atoms with Crippen LogP contribution in [0.1, 0.15) is 53.3 Å².